The minimum absolute atomic E-state index is 0.168. The molecule has 0 atom stereocenters. The van der Waals surface area contributed by atoms with Crippen molar-refractivity contribution in [3.05, 3.63) is 22.6 Å². The lowest BCUT2D eigenvalue weighted by atomic mass is 10.1. The number of aromatic nitrogens is 2. The Morgan fingerprint density at radius 3 is 2.65 bits per heavy atom. The summed E-state index contributed by atoms with van der Waals surface area (Å²) in [6.07, 6.45) is 5.15. The van der Waals surface area contributed by atoms with Gasteiger partial charge in [0.2, 0.25) is 5.91 Å². The van der Waals surface area contributed by atoms with Gasteiger partial charge in [0.05, 0.1) is 11.9 Å². The Kier molecular flexibility index (Phi) is 3.41. The Labute approximate surface area is 99.0 Å². The number of nitrogens with zero attached hydrogens (tertiary/aromatic N) is 3. The van der Waals surface area contributed by atoms with Gasteiger partial charge in [-0.05, 0) is 19.3 Å². The van der Waals surface area contributed by atoms with Crippen molar-refractivity contribution in [1.82, 2.24) is 9.78 Å². The molecule has 1 aliphatic heterocycles. The molecule has 0 aromatic carbocycles. The Morgan fingerprint density at radius 1 is 1.35 bits per heavy atom. The third-order valence-corrected chi connectivity index (χ3v) is 2.88. The second-order valence-corrected chi connectivity index (χ2v) is 4.22. The van der Waals surface area contributed by atoms with Gasteiger partial charge in [0.25, 0.3) is 5.56 Å². The van der Waals surface area contributed by atoms with Gasteiger partial charge in [-0.3, -0.25) is 9.59 Å². The molecule has 1 aromatic heterocycles. The van der Waals surface area contributed by atoms with Crippen LogP contribution in [0.1, 0.15) is 19.3 Å². The highest BCUT2D eigenvalue weighted by molar-refractivity contribution is 5.73. The molecule has 1 amide bonds. The second kappa shape index (κ2) is 4.99. The number of carbonyl (C=O) groups is 1. The third-order valence-electron chi connectivity index (χ3n) is 2.88. The number of nitrogens with two attached hydrogens (primary N) is 1. The molecule has 1 saturated heterocycles. The van der Waals surface area contributed by atoms with Crippen LogP contribution in [0.4, 0.5) is 5.69 Å². The van der Waals surface area contributed by atoms with E-state index < -0.39 is 5.91 Å². The van der Waals surface area contributed by atoms with E-state index in [2.05, 4.69) is 10.00 Å². The first-order valence-electron chi connectivity index (χ1n) is 5.77. The first-order chi connectivity index (χ1) is 8.16. The maximum Gasteiger partial charge on any atom is 0.269 e. The van der Waals surface area contributed by atoms with Crippen LogP contribution in [0.15, 0.2) is 17.1 Å². The predicted octanol–water partition coefficient (Wildman–Crippen LogP) is -0.281. The Bertz CT molecular complexity index is 463. The summed E-state index contributed by atoms with van der Waals surface area (Å²) in [6, 6.07) is 1.52. The van der Waals surface area contributed by atoms with Crippen LogP contribution in [0, 0.1) is 0 Å². The standard InChI is InChI=1S/C11H16N4O2/c12-10(16)8-15-11(17)6-9(7-13-15)14-4-2-1-3-5-14/h6-7H,1-5,8H2,(H2,12,16). The number of primary amides is 1. The van der Waals surface area contributed by atoms with E-state index in [1.165, 1.54) is 12.5 Å². The van der Waals surface area contributed by atoms with E-state index in [-0.39, 0.29) is 12.1 Å². The lowest BCUT2D eigenvalue weighted by molar-refractivity contribution is -0.118. The van der Waals surface area contributed by atoms with Crippen molar-refractivity contribution in [3.8, 4) is 0 Å². The fraction of sp³-hybridized carbons (Fsp3) is 0.545. The molecule has 0 saturated carbocycles. The average Bonchev–Trinajstić information content (AvgIpc) is 2.32. The van der Waals surface area contributed by atoms with Crippen molar-refractivity contribution >= 4 is 11.6 Å². The molecular formula is C11H16N4O2. The van der Waals surface area contributed by atoms with E-state index in [1.54, 1.807) is 6.20 Å². The van der Waals surface area contributed by atoms with E-state index in [0.29, 0.717) is 0 Å². The normalized spacial score (nSPS) is 15.9. The molecule has 17 heavy (non-hydrogen) atoms. The summed E-state index contributed by atoms with van der Waals surface area (Å²) < 4.78 is 1.08. The molecule has 0 unspecified atom stereocenters. The zero-order valence-corrected chi connectivity index (χ0v) is 9.63. The van der Waals surface area contributed by atoms with E-state index >= 15 is 0 Å². The molecule has 2 N–H and O–H groups in total. The van der Waals surface area contributed by atoms with Crippen molar-refractivity contribution in [3.63, 3.8) is 0 Å². The van der Waals surface area contributed by atoms with Gasteiger partial charge < -0.3 is 10.6 Å². The van der Waals surface area contributed by atoms with E-state index in [0.717, 1.165) is 36.3 Å². The van der Waals surface area contributed by atoms with Crippen LogP contribution in [-0.2, 0) is 11.3 Å². The Balaban J connectivity index is 2.18. The maximum absolute atomic E-state index is 11.7. The van der Waals surface area contributed by atoms with Crippen LogP contribution in [0.3, 0.4) is 0 Å². The molecule has 92 valence electrons. The quantitative estimate of drug-likeness (QED) is 0.782. The molecule has 6 nitrogen and oxygen atoms in total. The predicted molar refractivity (Wildman–Crippen MR) is 63.8 cm³/mol. The summed E-state index contributed by atoms with van der Waals surface area (Å²) >= 11 is 0. The molecule has 1 fully saturated rings. The maximum atomic E-state index is 11.7. The molecule has 0 bridgehead atoms. The molecule has 0 spiro atoms. The summed E-state index contributed by atoms with van der Waals surface area (Å²) in [5.41, 5.74) is 5.57. The third kappa shape index (κ3) is 2.83. The summed E-state index contributed by atoms with van der Waals surface area (Å²) in [5.74, 6) is -0.565. The van der Waals surface area contributed by atoms with Crippen molar-refractivity contribution in [2.75, 3.05) is 18.0 Å². The number of hydrogen-bond acceptors (Lipinski definition) is 4. The zero-order valence-electron chi connectivity index (χ0n) is 9.63. The Morgan fingerprint density at radius 2 is 2.06 bits per heavy atom. The van der Waals surface area contributed by atoms with Gasteiger partial charge in [0, 0.05) is 19.2 Å². The van der Waals surface area contributed by atoms with Gasteiger partial charge in [-0.1, -0.05) is 0 Å². The van der Waals surface area contributed by atoms with Gasteiger partial charge >= 0.3 is 0 Å². The van der Waals surface area contributed by atoms with Gasteiger partial charge in [0.1, 0.15) is 6.54 Å². The SMILES string of the molecule is NC(=O)Cn1ncc(N2CCCCC2)cc1=O. The van der Waals surface area contributed by atoms with Crippen LogP contribution in [0.5, 0.6) is 0 Å². The zero-order chi connectivity index (χ0) is 12.3. The molecule has 1 aromatic rings. The minimum atomic E-state index is -0.565. The molecule has 2 heterocycles. The van der Waals surface area contributed by atoms with E-state index in [9.17, 15) is 9.59 Å². The van der Waals surface area contributed by atoms with Crippen molar-refractivity contribution in [2.45, 2.75) is 25.8 Å². The number of rotatable bonds is 3. The summed E-state index contributed by atoms with van der Waals surface area (Å²) in [7, 11) is 0. The minimum Gasteiger partial charge on any atom is -0.370 e. The van der Waals surface area contributed by atoms with E-state index in [4.69, 9.17) is 5.73 Å². The van der Waals surface area contributed by atoms with Crippen LogP contribution in [0.2, 0.25) is 0 Å². The largest absolute Gasteiger partial charge is 0.370 e. The number of anilines is 1. The highest BCUT2D eigenvalue weighted by Gasteiger charge is 2.12. The lowest BCUT2D eigenvalue weighted by Gasteiger charge is -2.28. The monoisotopic (exact) mass is 236 g/mol. The molecule has 0 radical (unpaired) electrons. The van der Waals surface area contributed by atoms with Gasteiger partial charge in [-0.15, -0.1) is 0 Å². The van der Waals surface area contributed by atoms with Gasteiger partial charge in [-0.25, -0.2) is 4.68 Å². The van der Waals surface area contributed by atoms with Crippen LogP contribution in [0.25, 0.3) is 0 Å². The number of hydrogen-bond donors (Lipinski definition) is 1. The average molecular weight is 236 g/mol. The summed E-state index contributed by atoms with van der Waals surface area (Å²) in [5, 5.41) is 3.96. The first-order valence-corrected chi connectivity index (χ1v) is 5.77. The van der Waals surface area contributed by atoms with Crippen LogP contribution < -0.4 is 16.2 Å². The van der Waals surface area contributed by atoms with Crippen molar-refractivity contribution < 1.29 is 4.79 Å². The second-order valence-electron chi connectivity index (χ2n) is 4.22. The molecule has 6 heteroatoms. The van der Waals surface area contributed by atoms with E-state index in [1.807, 2.05) is 0 Å². The molecule has 2 rings (SSSR count). The fourth-order valence-corrected chi connectivity index (χ4v) is 2.02. The lowest BCUT2D eigenvalue weighted by Crippen LogP contribution is -2.33. The topological polar surface area (TPSA) is 81.2 Å². The molecule has 1 aliphatic rings. The summed E-state index contributed by atoms with van der Waals surface area (Å²) in [4.78, 5) is 24.5. The van der Waals surface area contributed by atoms with Crippen LogP contribution >= 0.6 is 0 Å². The molecule has 0 aliphatic carbocycles. The first kappa shape index (κ1) is 11.6. The fourth-order valence-electron chi connectivity index (χ4n) is 2.02. The summed E-state index contributed by atoms with van der Waals surface area (Å²) in [6.45, 7) is 1.75. The Hall–Kier alpha value is -1.85. The van der Waals surface area contributed by atoms with Crippen molar-refractivity contribution in [1.29, 1.82) is 0 Å². The number of piperidine rings is 1. The van der Waals surface area contributed by atoms with Gasteiger partial charge in [0.15, 0.2) is 0 Å². The van der Waals surface area contributed by atoms with Gasteiger partial charge in [-0.2, -0.15) is 5.10 Å². The highest BCUT2D eigenvalue weighted by atomic mass is 16.2. The van der Waals surface area contributed by atoms with Crippen LogP contribution in [-0.4, -0.2) is 28.8 Å². The molecular weight excluding hydrogens is 220 g/mol. The highest BCUT2D eigenvalue weighted by Crippen LogP contribution is 2.16. The smallest absolute Gasteiger partial charge is 0.269 e. The number of carbonyl (C=O) groups excluding carboxylic acids is 1. The number of amides is 1. The van der Waals surface area contributed by atoms with Crippen molar-refractivity contribution in [2.24, 2.45) is 5.73 Å².